The predicted octanol–water partition coefficient (Wildman–Crippen LogP) is 1.07. The second-order valence-corrected chi connectivity index (χ2v) is 3.92. The van der Waals surface area contributed by atoms with Crippen molar-refractivity contribution in [1.82, 2.24) is 4.98 Å². The number of amides is 1. The van der Waals surface area contributed by atoms with E-state index in [1.165, 1.54) is 0 Å². The molecule has 2 heterocycles. The lowest BCUT2D eigenvalue weighted by atomic mass is 10.4. The summed E-state index contributed by atoms with van der Waals surface area (Å²) in [4.78, 5) is 29.6. The Morgan fingerprint density at radius 1 is 1.44 bits per heavy atom. The van der Waals surface area contributed by atoms with E-state index in [-0.39, 0.29) is 4.91 Å². The number of rotatable bonds is 2. The molecule has 1 aliphatic rings. The first kappa shape index (κ1) is 10.6. The molecule has 0 radical (unpaired) electrons. The number of thioether (sulfide) groups is 1. The van der Waals surface area contributed by atoms with Crippen LogP contribution in [0.5, 0.6) is 0 Å². The average Bonchev–Trinajstić information content (AvgIpc) is 2.61. The highest BCUT2D eigenvalue weighted by Gasteiger charge is 2.24. The van der Waals surface area contributed by atoms with Crippen LogP contribution in [-0.4, -0.2) is 27.0 Å². The normalized spacial score (nSPS) is 17.6. The van der Waals surface area contributed by atoms with Crippen molar-refractivity contribution in [1.29, 1.82) is 0 Å². The standard InChI is InChI=1S/C10H6N2O3S/c13-8(14)5-7-9(15)12-10(16-7)6-3-1-2-4-11-6/h1-5H,(H,13,14)/b7-5+. The second-order valence-electron chi connectivity index (χ2n) is 2.89. The van der Waals surface area contributed by atoms with Crippen LogP contribution in [0, 0.1) is 0 Å². The fourth-order valence-corrected chi connectivity index (χ4v) is 1.97. The third kappa shape index (κ3) is 2.17. The van der Waals surface area contributed by atoms with Crippen molar-refractivity contribution < 1.29 is 14.7 Å². The van der Waals surface area contributed by atoms with E-state index >= 15 is 0 Å². The Hall–Kier alpha value is -1.95. The minimum atomic E-state index is -1.16. The zero-order valence-corrected chi connectivity index (χ0v) is 8.77. The second kappa shape index (κ2) is 4.28. The van der Waals surface area contributed by atoms with Crippen molar-refractivity contribution in [3.05, 3.63) is 41.1 Å². The highest BCUT2D eigenvalue weighted by Crippen LogP contribution is 2.28. The minimum absolute atomic E-state index is 0.105. The van der Waals surface area contributed by atoms with Gasteiger partial charge in [0.15, 0.2) is 0 Å². The van der Waals surface area contributed by atoms with Gasteiger partial charge in [-0.05, 0) is 12.1 Å². The minimum Gasteiger partial charge on any atom is -0.478 e. The quantitative estimate of drug-likeness (QED) is 0.774. The van der Waals surface area contributed by atoms with Gasteiger partial charge in [-0.2, -0.15) is 4.99 Å². The van der Waals surface area contributed by atoms with E-state index in [0.717, 1.165) is 17.8 Å². The van der Waals surface area contributed by atoms with Gasteiger partial charge in [0.2, 0.25) is 0 Å². The van der Waals surface area contributed by atoms with Crippen LogP contribution in [0.3, 0.4) is 0 Å². The average molecular weight is 234 g/mol. The molecule has 0 aliphatic carbocycles. The zero-order chi connectivity index (χ0) is 11.5. The number of aliphatic carboxylic acids is 1. The fraction of sp³-hybridized carbons (Fsp3) is 0. The lowest BCUT2D eigenvalue weighted by Crippen LogP contribution is -1.94. The van der Waals surface area contributed by atoms with E-state index in [0.29, 0.717) is 10.7 Å². The highest BCUT2D eigenvalue weighted by molar-refractivity contribution is 8.19. The van der Waals surface area contributed by atoms with Crippen LogP contribution < -0.4 is 0 Å². The van der Waals surface area contributed by atoms with E-state index < -0.39 is 11.9 Å². The Morgan fingerprint density at radius 2 is 2.25 bits per heavy atom. The molecule has 0 saturated carbocycles. The maximum absolute atomic E-state index is 11.3. The van der Waals surface area contributed by atoms with Crippen molar-refractivity contribution >= 4 is 28.7 Å². The van der Waals surface area contributed by atoms with Gasteiger partial charge in [0.1, 0.15) is 5.04 Å². The third-order valence-corrected chi connectivity index (χ3v) is 2.77. The highest BCUT2D eigenvalue weighted by atomic mass is 32.2. The predicted molar refractivity (Wildman–Crippen MR) is 59.1 cm³/mol. The summed E-state index contributed by atoms with van der Waals surface area (Å²) in [7, 11) is 0. The Morgan fingerprint density at radius 3 is 2.88 bits per heavy atom. The van der Waals surface area contributed by atoms with Crippen molar-refractivity contribution in [2.45, 2.75) is 0 Å². The molecule has 6 heteroatoms. The molecule has 0 fully saturated rings. The Bertz CT molecular complexity index is 508. The van der Waals surface area contributed by atoms with Crippen LogP contribution in [0.25, 0.3) is 0 Å². The van der Waals surface area contributed by atoms with Gasteiger partial charge in [-0.25, -0.2) is 4.79 Å². The molecule has 1 N–H and O–H groups in total. The first-order valence-corrected chi connectivity index (χ1v) is 5.15. The molecular weight excluding hydrogens is 228 g/mol. The van der Waals surface area contributed by atoms with E-state index in [1.54, 1.807) is 24.4 Å². The maximum Gasteiger partial charge on any atom is 0.329 e. The third-order valence-electron chi connectivity index (χ3n) is 1.76. The molecule has 1 amide bonds. The van der Waals surface area contributed by atoms with Crippen LogP contribution in [0.15, 0.2) is 40.4 Å². The maximum atomic E-state index is 11.3. The first-order valence-electron chi connectivity index (χ1n) is 4.34. The largest absolute Gasteiger partial charge is 0.478 e. The molecular formula is C10H6N2O3S. The number of aromatic nitrogens is 1. The van der Waals surface area contributed by atoms with Gasteiger partial charge in [-0.15, -0.1) is 0 Å². The number of carbonyl (C=O) groups is 2. The summed E-state index contributed by atoms with van der Waals surface area (Å²) in [6.45, 7) is 0. The molecule has 0 aromatic carbocycles. The summed E-state index contributed by atoms with van der Waals surface area (Å²) in [5.74, 6) is -1.69. The summed E-state index contributed by atoms with van der Waals surface area (Å²) in [6, 6.07) is 5.23. The molecule has 1 aliphatic heterocycles. The lowest BCUT2D eigenvalue weighted by molar-refractivity contribution is -0.131. The van der Waals surface area contributed by atoms with Gasteiger partial charge in [-0.3, -0.25) is 9.78 Å². The van der Waals surface area contributed by atoms with Gasteiger partial charge >= 0.3 is 5.97 Å². The number of carboxylic acids is 1. The topological polar surface area (TPSA) is 79.6 Å². The summed E-state index contributed by atoms with van der Waals surface area (Å²) >= 11 is 1.02. The fourth-order valence-electron chi connectivity index (χ4n) is 1.12. The molecule has 1 aromatic rings. The Labute approximate surface area is 94.9 Å². The molecule has 0 spiro atoms. The molecule has 5 nitrogen and oxygen atoms in total. The molecule has 0 saturated heterocycles. The van der Waals surface area contributed by atoms with Crippen LogP contribution >= 0.6 is 11.8 Å². The van der Waals surface area contributed by atoms with Gasteiger partial charge in [-0.1, -0.05) is 17.8 Å². The van der Waals surface area contributed by atoms with Crippen LogP contribution in [0.2, 0.25) is 0 Å². The zero-order valence-electron chi connectivity index (χ0n) is 7.95. The van der Waals surface area contributed by atoms with Crippen LogP contribution in [0.1, 0.15) is 5.69 Å². The van der Waals surface area contributed by atoms with Crippen molar-refractivity contribution in [3.63, 3.8) is 0 Å². The van der Waals surface area contributed by atoms with Gasteiger partial charge in [0.25, 0.3) is 5.91 Å². The van der Waals surface area contributed by atoms with Crippen molar-refractivity contribution in [2.75, 3.05) is 0 Å². The monoisotopic (exact) mass is 234 g/mol. The summed E-state index contributed by atoms with van der Waals surface area (Å²) in [6.07, 6.45) is 2.44. The van der Waals surface area contributed by atoms with Gasteiger partial charge in [0.05, 0.1) is 10.6 Å². The molecule has 16 heavy (non-hydrogen) atoms. The van der Waals surface area contributed by atoms with E-state index in [9.17, 15) is 9.59 Å². The van der Waals surface area contributed by atoms with E-state index in [2.05, 4.69) is 9.98 Å². The Balaban J connectivity index is 2.27. The number of carboxylic acid groups (broad SMARTS) is 1. The van der Waals surface area contributed by atoms with Crippen molar-refractivity contribution in [2.24, 2.45) is 4.99 Å². The van der Waals surface area contributed by atoms with Crippen LogP contribution in [-0.2, 0) is 9.59 Å². The lowest BCUT2D eigenvalue weighted by Gasteiger charge is -1.95. The molecule has 0 bridgehead atoms. The smallest absolute Gasteiger partial charge is 0.329 e. The first-order chi connectivity index (χ1) is 7.66. The molecule has 2 rings (SSSR count). The molecule has 0 atom stereocenters. The molecule has 1 aromatic heterocycles. The summed E-state index contributed by atoms with van der Waals surface area (Å²) in [5.41, 5.74) is 0.564. The number of hydrogen-bond donors (Lipinski definition) is 1. The SMILES string of the molecule is O=C(O)/C=C1/SC(c2ccccn2)=NC1=O. The van der Waals surface area contributed by atoms with Crippen molar-refractivity contribution in [3.8, 4) is 0 Å². The number of hydrogen-bond acceptors (Lipinski definition) is 4. The number of nitrogens with zero attached hydrogens (tertiary/aromatic N) is 2. The summed E-state index contributed by atoms with van der Waals surface area (Å²) in [5, 5.41) is 8.97. The van der Waals surface area contributed by atoms with Gasteiger partial charge < -0.3 is 5.11 Å². The van der Waals surface area contributed by atoms with Gasteiger partial charge in [0, 0.05) is 12.3 Å². The van der Waals surface area contributed by atoms with E-state index in [4.69, 9.17) is 5.11 Å². The number of aliphatic imine (C=N–C) groups is 1. The molecule has 0 unspecified atom stereocenters. The summed E-state index contributed by atoms with van der Waals surface area (Å²) < 4.78 is 0. The number of pyridine rings is 1. The van der Waals surface area contributed by atoms with Crippen LogP contribution in [0.4, 0.5) is 0 Å². The number of carbonyl (C=O) groups excluding carboxylic acids is 1. The molecule has 80 valence electrons. The van der Waals surface area contributed by atoms with E-state index in [1.807, 2.05) is 0 Å². The Kier molecular flexibility index (Phi) is 2.82.